The van der Waals surface area contributed by atoms with Crippen molar-refractivity contribution in [2.24, 2.45) is 0 Å². The number of hydrogen-bond acceptors (Lipinski definition) is 5. The number of thioether (sulfide) groups is 1. The number of hydrazine groups is 1. The fourth-order valence-corrected chi connectivity index (χ4v) is 3.20. The molecule has 0 aliphatic carbocycles. The van der Waals surface area contributed by atoms with Crippen LogP contribution in [0.2, 0.25) is 10.0 Å². The van der Waals surface area contributed by atoms with Crippen molar-refractivity contribution in [2.75, 3.05) is 19.5 Å². The van der Waals surface area contributed by atoms with Gasteiger partial charge in [0.25, 0.3) is 0 Å². The molecule has 0 atom stereocenters. The van der Waals surface area contributed by atoms with Crippen molar-refractivity contribution in [1.82, 2.24) is 10.9 Å². The van der Waals surface area contributed by atoms with Crippen molar-refractivity contribution in [1.29, 1.82) is 0 Å². The number of amides is 2. The summed E-state index contributed by atoms with van der Waals surface area (Å²) >= 11 is 13.1. The lowest BCUT2D eigenvalue weighted by Gasteiger charge is -2.09. The predicted molar refractivity (Wildman–Crippen MR) is 107 cm³/mol. The number of hydrogen-bond donors (Lipinski definition) is 2. The Morgan fingerprint density at radius 3 is 2.37 bits per heavy atom. The molecular formula is C18H18Cl2N2O4S. The third kappa shape index (κ3) is 7.58. The summed E-state index contributed by atoms with van der Waals surface area (Å²) in [5.41, 5.74) is 4.68. The summed E-state index contributed by atoms with van der Waals surface area (Å²) < 4.78 is 10.5. The van der Waals surface area contributed by atoms with Crippen LogP contribution in [0.15, 0.2) is 47.4 Å². The number of methoxy groups -OCH3 is 1. The molecule has 0 spiro atoms. The third-order valence-electron chi connectivity index (χ3n) is 3.25. The average molecular weight is 429 g/mol. The van der Waals surface area contributed by atoms with Crippen molar-refractivity contribution in [3.63, 3.8) is 0 Å². The quantitative estimate of drug-likeness (QED) is 0.494. The Hall–Kier alpha value is -2.09. The van der Waals surface area contributed by atoms with Crippen molar-refractivity contribution in [3.05, 3.63) is 52.5 Å². The zero-order valence-electron chi connectivity index (χ0n) is 14.5. The van der Waals surface area contributed by atoms with Gasteiger partial charge in [-0.05, 0) is 42.5 Å². The first kappa shape index (κ1) is 21.2. The Balaban J connectivity index is 1.64. The van der Waals surface area contributed by atoms with Gasteiger partial charge in [0.1, 0.15) is 11.5 Å². The first-order valence-electron chi connectivity index (χ1n) is 7.90. The number of rotatable bonds is 8. The lowest BCUT2D eigenvalue weighted by atomic mass is 10.3. The summed E-state index contributed by atoms with van der Waals surface area (Å²) in [4.78, 5) is 24.2. The van der Waals surface area contributed by atoms with Crippen LogP contribution < -0.4 is 20.3 Å². The fourth-order valence-electron chi connectivity index (χ4n) is 1.90. The number of nitrogens with one attached hydrogen (secondary N) is 2. The molecule has 0 heterocycles. The maximum atomic E-state index is 11.8. The zero-order valence-corrected chi connectivity index (χ0v) is 16.8. The molecule has 0 unspecified atom stereocenters. The molecule has 0 bridgehead atoms. The maximum absolute atomic E-state index is 11.8. The van der Waals surface area contributed by atoms with Gasteiger partial charge in [-0.3, -0.25) is 20.4 Å². The second-order valence-corrected chi connectivity index (χ2v) is 7.09. The van der Waals surface area contributed by atoms with Crippen molar-refractivity contribution in [2.45, 2.75) is 11.3 Å². The average Bonchev–Trinajstić information content (AvgIpc) is 2.67. The molecule has 2 rings (SSSR count). The van der Waals surface area contributed by atoms with E-state index in [4.69, 9.17) is 32.7 Å². The molecular weight excluding hydrogens is 411 g/mol. The lowest BCUT2D eigenvalue weighted by Crippen LogP contribution is -2.42. The highest BCUT2D eigenvalue weighted by molar-refractivity contribution is 8.00. The highest BCUT2D eigenvalue weighted by Crippen LogP contribution is 2.29. The molecule has 6 nitrogen and oxygen atoms in total. The van der Waals surface area contributed by atoms with Gasteiger partial charge in [0.2, 0.25) is 11.8 Å². The number of carbonyl (C=O) groups excluding carboxylic acids is 2. The lowest BCUT2D eigenvalue weighted by molar-refractivity contribution is -0.127. The van der Waals surface area contributed by atoms with Crippen LogP contribution in [0.25, 0.3) is 0 Å². The summed E-state index contributed by atoms with van der Waals surface area (Å²) in [7, 11) is 1.58. The molecule has 0 radical (unpaired) electrons. The second-order valence-electron chi connectivity index (χ2n) is 5.23. The summed E-state index contributed by atoms with van der Waals surface area (Å²) in [5, 5.41) is 1.05. The van der Waals surface area contributed by atoms with Crippen LogP contribution in [0.1, 0.15) is 6.42 Å². The molecule has 0 aromatic heterocycles. The van der Waals surface area contributed by atoms with Gasteiger partial charge in [0.15, 0.2) is 0 Å². The van der Waals surface area contributed by atoms with Gasteiger partial charge in [-0.2, -0.15) is 0 Å². The smallest absolute Gasteiger partial charge is 0.248 e. The standard InChI is InChI=1S/C18H18Cl2N2O4S/c1-25-13-3-5-14(6-4-13)26-9-8-17(23)21-22-18(24)11-27-16-10-12(19)2-7-15(16)20/h2-7,10H,8-9,11H2,1H3,(H,21,23)(H,22,24). The zero-order chi connectivity index (χ0) is 19.6. The molecule has 0 saturated carbocycles. The van der Waals surface area contributed by atoms with Gasteiger partial charge in [0.05, 0.1) is 30.9 Å². The summed E-state index contributed by atoms with van der Waals surface area (Å²) in [6, 6.07) is 12.0. The molecule has 0 saturated heterocycles. The van der Waals surface area contributed by atoms with Crippen LogP contribution in [-0.2, 0) is 9.59 Å². The topological polar surface area (TPSA) is 76.7 Å². The Labute approximate surface area is 171 Å². The predicted octanol–water partition coefficient (Wildman–Crippen LogP) is 3.71. The molecule has 2 N–H and O–H groups in total. The van der Waals surface area contributed by atoms with Gasteiger partial charge in [-0.15, -0.1) is 11.8 Å². The van der Waals surface area contributed by atoms with Crippen molar-refractivity contribution in [3.8, 4) is 11.5 Å². The minimum absolute atomic E-state index is 0.0860. The van der Waals surface area contributed by atoms with Crippen LogP contribution in [0.5, 0.6) is 11.5 Å². The Morgan fingerprint density at radius 1 is 1.00 bits per heavy atom. The minimum Gasteiger partial charge on any atom is -0.497 e. The first-order valence-corrected chi connectivity index (χ1v) is 9.64. The van der Waals surface area contributed by atoms with E-state index >= 15 is 0 Å². The first-order chi connectivity index (χ1) is 13.0. The Kier molecular flexibility index (Phi) is 8.57. The van der Waals surface area contributed by atoms with E-state index in [9.17, 15) is 9.59 Å². The number of carbonyl (C=O) groups is 2. The van der Waals surface area contributed by atoms with Gasteiger partial charge >= 0.3 is 0 Å². The normalized spacial score (nSPS) is 10.2. The molecule has 0 aliphatic rings. The second kappa shape index (κ2) is 10.9. The molecule has 2 aromatic rings. The molecule has 9 heteroatoms. The van der Waals surface area contributed by atoms with Crippen LogP contribution in [0.4, 0.5) is 0 Å². The molecule has 2 aromatic carbocycles. The van der Waals surface area contributed by atoms with Gasteiger partial charge in [-0.1, -0.05) is 23.2 Å². The molecule has 2 amide bonds. The summed E-state index contributed by atoms with van der Waals surface area (Å²) in [6.45, 7) is 0.181. The number of ether oxygens (including phenoxy) is 2. The van der Waals surface area contributed by atoms with E-state index in [0.717, 1.165) is 5.75 Å². The number of benzene rings is 2. The van der Waals surface area contributed by atoms with Gasteiger partial charge < -0.3 is 9.47 Å². The van der Waals surface area contributed by atoms with E-state index in [0.29, 0.717) is 20.7 Å². The molecule has 0 aliphatic heterocycles. The minimum atomic E-state index is -0.361. The highest BCUT2D eigenvalue weighted by Gasteiger charge is 2.08. The number of halogens is 2. The van der Waals surface area contributed by atoms with Crippen LogP contribution in [0.3, 0.4) is 0 Å². The Morgan fingerprint density at radius 2 is 1.67 bits per heavy atom. The van der Waals surface area contributed by atoms with Gasteiger partial charge in [-0.25, -0.2) is 0 Å². The summed E-state index contributed by atoms with van der Waals surface area (Å²) in [5.74, 6) is 0.716. The van der Waals surface area contributed by atoms with E-state index in [-0.39, 0.29) is 30.6 Å². The largest absolute Gasteiger partial charge is 0.497 e. The van der Waals surface area contributed by atoms with Crippen molar-refractivity contribution >= 4 is 46.8 Å². The molecule has 144 valence electrons. The third-order valence-corrected chi connectivity index (χ3v) is 4.98. The van der Waals surface area contributed by atoms with E-state index in [2.05, 4.69) is 10.9 Å². The van der Waals surface area contributed by atoms with Crippen molar-refractivity contribution < 1.29 is 19.1 Å². The molecule has 0 fully saturated rings. The van der Waals surface area contributed by atoms with Crippen LogP contribution in [0, 0.1) is 0 Å². The monoisotopic (exact) mass is 428 g/mol. The van der Waals surface area contributed by atoms with Crippen LogP contribution in [-0.4, -0.2) is 31.3 Å². The van der Waals surface area contributed by atoms with Gasteiger partial charge in [0, 0.05) is 9.92 Å². The highest BCUT2D eigenvalue weighted by atomic mass is 35.5. The van der Waals surface area contributed by atoms with E-state index in [1.54, 1.807) is 49.6 Å². The summed E-state index contributed by atoms with van der Waals surface area (Å²) in [6.07, 6.45) is 0.0968. The van der Waals surface area contributed by atoms with E-state index in [1.807, 2.05) is 0 Å². The fraction of sp³-hybridized carbons (Fsp3) is 0.222. The maximum Gasteiger partial charge on any atom is 0.248 e. The van der Waals surface area contributed by atoms with E-state index < -0.39 is 0 Å². The molecule has 27 heavy (non-hydrogen) atoms. The van der Waals surface area contributed by atoms with E-state index in [1.165, 1.54) is 11.8 Å². The SMILES string of the molecule is COc1ccc(OCCC(=O)NNC(=O)CSc2cc(Cl)ccc2Cl)cc1. The van der Waals surface area contributed by atoms with Crippen LogP contribution >= 0.6 is 35.0 Å². The Bertz CT molecular complexity index is 787.